The van der Waals surface area contributed by atoms with Gasteiger partial charge >= 0.3 is 0 Å². The van der Waals surface area contributed by atoms with Gasteiger partial charge in [0.2, 0.25) is 0 Å². The van der Waals surface area contributed by atoms with Crippen molar-refractivity contribution in [2.75, 3.05) is 11.4 Å². The third-order valence-corrected chi connectivity index (χ3v) is 4.27. The van der Waals surface area contributed by atoms with E-state index in [9.17, 15) is 0 Å². The highest BCUT2D eigenvalue weighted by Gasteiger charge is 2.22. The molecule has 3 rings (SSSR count). The van der Waals surface area contributed by atoms with Crippen LogP contribution in [0.15, 0.2) is 47.6 Å². The molecule has 0 aliphatic carbocycles. The molecule has 2 aromatic rings. The van der Waals surface area contributed by atoms with Gasteiger partial charge in [0.05, 0.1) is 5.71 Å². The number of halogens is 2. The Morgan fingerprint density at radius 1 is 1.14 bits per heavy atom. The second-order valence-corrected chi connectivity index (χ2v) is 5.81. The molecule has 2 aromatic carbocycles. The maximum absolute atomic E-state index is 9.13. The Labute approximate surface area is 133 Å². The van der Waals surface area contributed by atoms with Crippen molar-refractivity contribution in [3.8, 4) is 0 Å². The van der Waals surface area contributed by atoms with Gasteiger partial charge in [0.1, 0.15) is 0 Å². The van der Waals surface area contributed by atoms with Crippen LogP contribution in [0.2, 0.25) is 10.0 Å². The molecular weight excluding hydrogens is 307 g/mol. The fraction of sp³-hybridized carbons (Fsp3) is 0.188. The molecule has 21 heavy (non-hydrogen) atoms. The largest absolute Gasteiger partial charge is 0.411 e. The van der Waals surface area contributed by atoms with Gasteiger partial charge in [-0.05, 0) is 29.8 Å². The molecule has 0 saturated carbocycles. The number of hydrogen-bond donors (Lipinski definition) is 1. The summed E-state index contributed by atoms with van der Waals surface area (Å²) in [7, 11) is 0. The van der Waals surface area contributed by atoms with Crippen LogP contribution in [0.1, 0.15) is 17.5 Å². The molecule has 0 unspecified atom stereocenters. The summed E-state index contributed by atoms with van der Waals surface area (Å²) < 4.78 is 0. The van der Waals surface area contributed by atoms with E-state index in [1.807, 2.05) is 36.4 Å². The summed E-state index contributed by atoms with van der Waals surface area (Å²) in [6, 6.07) is 13.4. The molecule has 108 valence electrons. The quantitative estimate of drug-likeness (QED) is 0.649. The lowest BCUT2D eigenvalue weighted by atomic mass is 9.99. The molecule has 1 N–H and O–H groups in total. The van der Waals surface area contributed by atoms with Crippen molar-refractivity contribution in [3.05, 3.63) is 63.6 Å². The van der Waals surface area contributed by atoms with Crippen LogP contribution >= 0.6 is 23.2 Å². The van der Waals surface area contributed by atoms with Crippen LogP contribution in [0.25, 0.3) is 0 Å². The van der Waals surface area contributed by atoms with Crippen LogP contribution in [-0.2, 0) is 6.54 Å². The minimum Gasteiger partial charge on any atom is -0.411 e. The summed E-state index contributed by atoms with van der Waals surface area (Å²) in [5.41, 5.74) is 3.72. The fourth-order valence-electron chi connectivity index (χ4n) is 2.63. The first-order valence-electron chi connectivity index (χ1n) is 6.68. The monoisotopic (exact) mass is 320 g/mol. The minimum absolute atomic E-state index is 0.676. The number of nitrogens with zero attached hydrogens (tertiary/aromatic N) is 2. The smallest absolute Gasteiger partial charge is 0.0906 e. The average Bonchev–Trinajstić information content (AvgIpc) is 2.51. The summed E-state index contributed by atoms with van der Waals surface area (Å²) in [5.74, 6) is 0. The van der Waals surface area contributed by atoms with Crippen molar-refractivity contribution in [2.45, 2.75) is 13.0 Å². The minimum atomic E-state index is 0.676. The lowest BCUT2D eigenvalue weighted by molar-refractivity contribution is 0.317. The van der Waals surface area contributed by atoms with E-state index in [1.54, 1.807) is 6.07 Å². The van der Waals surface area contributed by atoms with Crippen LogP contribution in [0.4, 0.5) is 5.69 Å². The highest BCUT2D eigenvalue weighted by molar-refractivity contribution is 6.33. The molecule has 1 aliphatic rings. The predicted molar refractivity (Wildman–Crippen MR) is 86.9 cm³/mol. The zero-order chi connectivity index (χ0) is 14.8. The normalized spacial score (nSPS) is 16.1. The second-order valence-electron chi connectivity index (χ2n) is 4.97. The van der Waals surface area contributed by atoms with Gasteiger partial charge in [0, 0.05) is 40.8 Å². The topological polar surface area (TPSA) is 35.8 Å². The summed E-state index contributed by atoms with van der Waals surface area (Å²) >= 11 is 12.3. The highest BCUT2D eigenvalue weighted by atomic mass is 35.5. The summed E-state index contributed by atoms with van der Waals surface area (Å²) in [6.07, 6.45) is 0.700. The van der Waals surface area contributed by atoms with Gasteiger partial charge in [-0.25, -0.2) is 0 Å². The molecule has 0 amide bonds. The van der Waals surface area contributed by atoms with E-state index in [4.69, 9.17) is 28.4 Å². The lowest BCUT2D eigenvalue weighted by Crippen LogP contribution is -2.32. The number of fused-ring (bicyclic) bond motifs is 1. The Morgan fingerprint density at radius 3 is 2.76 bits per heavy atom. The number of hydrogen-bond acceptors (Lipinski definition) is 3. The SMILES string of the molecule is ON=C1CCN(Cc2cc(Cl)ccc2Cl)c2ccccc21. The van der Waals surface area contributed by atoms with Crippen LogP contribution in [0.3, 0.4) is 0 Å². The van der Waals surface area contributed by atoms with Crippen LogP contribution < -0.4 is 4.90 Å². The standard InChI is InChI=1S/C16H14Cl2N2O/c17-12-5-6-14(18)11(9-12)10-20-8-7-15(19-21)13-3-1-2-4-16(13)20/h1-6,9,21H,7-8,10H2. The maximum Gasteiger partial charge on any atom is 0.0906 e. The molecule has 0 fully saturated rings. The molecule has 1 heterocycles. The van der Waals surface area contributed by atoms with Crippen molar-refractivity contribution in [1.29, 1.82) is 0 Å². The van der Waals surface area contributed by atoms with Crippen LogP contribution in [0.5, 0.6) is 0 Å². The molecule has 0 bridgehead atoms. The Balaban J connectivity index is 1.95. The first-order valence-corrected chi connectivity index (χ1v) is 7.44. The van der Waals surface area contributed by atoms with E-state index in [1.165, 1.54) is 0 Å². The zero-order valence-corrected chi connectivity index (χ0v) is 12.8. The lowest BCUT2D eigenvalue weighted by Gasteiger charge is -2.31. The summed E-state index contributed by atoms with van der Waals surface area (Å²) in [6.45, 7) is 1.45. The van der Waals surface area contributed by atoms with Crippen molar-refractivity contribution >= 4 is 34.6 Å². The first kappa shape index (κ1) is 14.2. The van der Waals surface area contributed by atoms with E-state index >= 15 is 0 Å². The number of rotatable bonds is 2. The zero-order valence-electron chi connectivity index (χ0n) is 11.3. The second kappa shape index (κ2) is 5.96. The van der Waals surface area contributed by atoms with Gasteiger partial charge in [-0.15, -0.1) is 0 Å². The summed E-state index contributed by atoms with van der Waals surface area (Å²) in [4.78, 5) is 2.22. The molecule has 0 aromatic heterocycles. The van der Waals surface area contributed by atoms with Crippen molar-refractivity contribution in [1.82, 2.24) is 0 Å². The molecule has 0 spiro atoms. The fourth-order valence-corrected chi connectivity index (χ4v) is 3.00. The third-order valence-electron chi connectivity index (χ3n) is 3.66. The van der Waals surface area contributed by atoms with Gasteiger partial charge in [-0.1, -0.05) is 46.6 Å². The van der Waals surface area contributed by atoms with Gasteiger partial charge < -0.3 is 10.1 Å². The Kier molecular flexibility index (Phi) is 4.04. The highest BCUT2D eigenvalue weighted by Crippen LogP contribution is 2.30. The molecule has 1 aliphatic heterocycles. The van der Waals surface area contributed by atoms with Crippen LogP contribution in [0, 0.1) is 0 Å². The van der Waals surface area contributed by atoms with Gasteiger partial charge in [-0.2, -0.15) is 0 Å². The van der Waals surface area contributed by atoms with Gasteiger partial charge in [-0.3, -0.25) is 0 Å². The molecule has 5 heteroatoms. The number of para-hydroxylation sites is 1. The maximum atomic E-state index is 9.13. The molecular formula is C16H14Cl2N2O. The van der Waals surface area contributed by atoms with E-state index in [0.29, 0.717) is 23.0 Å². The average molecular weight is 321 g/mol. The molecule has 0 radical (unpaired) electrons. The van der Waals surface area contributed by atoms with Crippen molar-refractivity contribution in [3.63, 3.8) is 0 Å². The van der Waals surface area contributed by atoms with Gasteiger partial charge in [0.25, 0.3) is 0 Å². The Morgan fingerprint density at radius 2 is 1.95 bits per heavy atom. The van der Waals surface area contributed by atoms with Gasteiger partial charge in [0.15, 0.2) is 0 Å². The number of anilines is 1. The number of benzene rings is 2. The van der Waals surface area contributed by atoms with Crippen molar-refractivity contribution < 1.29 is 5.21 Å². The van der Waals surface area contributed by atoms with Crippen LogP contribution in [-0.4, -0.2) is 17.5 Å². The van der Waals surface area contributed by atoms with E-state index in [-0.39, 0.29) is 0 Å². The first-order chi connectivity index (χ1) is 10.2. The Hall–Kier alpha value is -1.71. The number of oxime groups is 1. The van der Waals surface area contributed by atoms with E-state index < -0.39 is 0 Å². The molecule has 0 atom stereocenters. The predicted octanol–water partition coefficient (Wildman–Crippen LogP) is 4.58. The van der Waals surface area contributed by atoms with E-state index in [2.05, 4.69) is 10.1 Å². The molecule has 3 nitrogen and oxygen atoms in total. The Bertz CT molecular complexity index is 700. The molecule has 0 saturated heterocycles. The van der Waals surface area contributed by atoms with E-state index in [0.717, 1.165) is 29.1 Å². The van der Waals surface area contributed by atoms with Crippen molar-refractivity contribution in [2.24, 2.45) is 5.16 Å². The summed E-state index contributed by atoms with van der Waals surface area (Å²) in [5, 5.41) is 13.9. The third kappa shape index (κ3) is 2.85.